The van der Waals surface area contributed by atoms with Gasteiger partial charge in [-0.25, -0.2) is 0 Å². The predicted octanol–water partition coefficient (Wildman–Crippen LogP) is 22.5. The molecule has 440 valence electrons. The van der Waals surface area contributed by atoms with Crippen molar-refractivity contribution in [3.63, 3.8) is 0 Å². The van der Waals surface area contributed by atoms with Crippen LogP contribution in [-0.2, 0) is 28.6 Å². The van der Waals surface area contributed by atoms with E-state index in [0.29, 0.717) is 19.3 Å². The van der Waals surface area contributed by atoms with Crippen molar-refractivity contribution in [1.29, 1.82) is 0 Å². The monoisotopic (exact) mass is 1060 g/mol. The lowest BCUT2D eigenvalue weighted by Crippen LogP contribution is -2.30. The van der Waals surface area contributed by atoms with Gasteiger partial charge in [0.05, 0.1) is 0 Å². The molecule has 0 aromatic rings. The number of hydrogen-bond donors (Lipinski definition) is 0. The highest BCUT2D eigenvalue weighted by molar-refractivity contribution is 5.71. The van der Waals surface area contributed by atoms with Crippen molar-refractivity contribution in [3.05, 3.63) is 72.9 Å². The molecule has 6 nitrogen and oxygen atoms in total. The molecule has 0 saturated heterocycles. The topological polar surface area (TPSA) is 78.9 Å². The van der Waals surface area contributed by atoms with E-state index in [9.17, 15) is 14.4 Å². The van der Waals surface area contributed by atoms with Gasteiger partial charge in [0, 0.05) is 19.3 Å². The Morgan fingerprint density at radius 3 is 0.842 bits per heavy atom. The molecule has 0 amide bonds. The number of allylic oxidation sites excluding steroid dienone is 12. The summed E-state index contributed by atoms with van der Waals surface area (Å²) >= 11 is 0. The lowest BCUT2D eigenvalue weighted by Gasteiger charge is -2.18. The second kappa shape index (κ2) is 64.4. The number of esters is 3. The first-order valence-electron chi connectivity index (χ1n) is 32.9. The Balaban J connectivity index is 4.29. The summed E-state index contributed by atoms with van der Waals surface area (Å²) in [6.07, 6.45) is 83.6. The molecule has 0 N–H and O–H groups in total. The van der Waals surface area contributed by atoms with Crippen LogP contribution in [0.3, 0.4) is 0 Å². The maximum absolute atomic E-state index is 12.9. The number of hydrogen-bond acceptors (Lipinski definition) is 6. The second-order valence-corrected chi connectivity index (χ2v) is 22.0. The van der Waals surface area contributed by atoms with E-state index in [0.717, 1.165) is 96.3 Å². The van der Waals surface area contributed by atoms with Crippen molar-refractivity contribution in [2.24, 2.45) is 0 Å². The lowest BCUT2D eigenvalue weighted by atomic mass is 10.0. The minimum atomic E-state index is -0.797. The maximum atomic E-state index is 12.9. The molecular formula is C70H124O6. The first kappa shape index (κ1) is 72.8. The molecule has 1 atom stereocenters. The van der Waals surface area contributed by atoms with Crippen molar-refractivity contribution >= 4 is 17.9 Å². The zero-order chi connectivity index (χ0) is 55.0. The highest BCUT2D eigenvalue weighted by Gasteiger charge is 2.19. The van der Waals surface area contributed by atoms with Crippen LogP contribution in [0.25, 0.3) is 0 Å². The van der Waals surface area contributed by atoms with E-state index in [1.165, 1.54) is 199 Å². The Morgan fingerprint density at radius 1 is 0.276 bits per heavy atom. The largest absolute Gasteiger partial charge is 0.462 e. The second-order valence-electron chi connectivity index (χ2n) is 22.0. The summed E-state index contributed by atoms with van der Waals surface area (Å²) in [6.45, 7) is 6.52. The van der Waals surface area contributed by atoms with Crippen molar-refractivity contribution in [2.75, 3.05) is 13.2 Å². The highest BCUT2D eigenvalue weighted by Crippen LogP contribution is 2.17. The van der Waals surface area contributed by atoms with Crippen molar-refractivity contribution in [1.82, 2.24) is 0 Å². The maximum Gasteiger partial charge on any atom is 0.306 e. The molecule has 0 aliphatic heterocycles. The standard InChI is InChI=1S/C70H124O6/c1-4-7-10-13-16-19-22-25-28-30-31-32-33-34-35-36-37-38-39-40-43-45-48-51-54-57-60-63-69(72)75-66-67(65-74-68(71)62-59-56-53-50-47-44-41-27-24-21-18-15-12-9-6-3)76-70(73)64-61-58-55-52-49-46-42-29-26-23-20-17-14-11-8-5-2/h9,12,18,21,27,29-31,41-42,47,50,67H,4-8,10-11,13-17,19-20,22-26,28,32-40,43-46,48-49,51-66H2,1-3H3/b12-9-,21-18-,31-30-,41-27-,42-29-,50-47-. The molecule has 0 bridgehead atoms. The average molecular weight is 1060 g/mol. The van der Waals surface area contributed by atoms with Gasteiger partial charge in [-0.3, -0.25) is 14.4 Å². The average Bonchev–Trinajstić information content (AvgIpc) is 3.42. The summed E-state index contributed by atoms with van der Waals surface area (Å²) in [5.74, 6) is -0.927. The van der Waals surface area contributed by atoms with Crippen molar-refractivity contribution in [3.8, 4) is 0 Å². The zero-order valence-electron chi connectivity index (χ0n) is 50.5. The number of ether oxygens (including phenoxy) is 3. The fourth-order valence-electron chi connectivity index (χ4n) is 9.48. The summed E-state index contributed by atoms with van der Waals surface area (Å²) in [4.78, 5) is 38.3. The van der Waals surface area contributed by atoms with Crippen LogP contribution in [-0.4, -0.2) is 37.2 Å². The van der Waals surface area contributed by atoms with Gasteiger partial charge < -0.3 is 14.2 Å². The minimum Gasteiger partial charge on any atom is -0.462 e. The van der Waals surface area contributed by atoms with Crippen molar-refractivity contribution in [2.45, 2.75) is 341 Å². The molecule has 0 aliphatic carbocycles. The molecule has 0 spiro atoms. The molecule has 0 aliphatic rings. The van der Waals surface area contributed by atoms with E-state index in [4.69, 9.17) is 14.2 Å². The molecule has 0 heterocycles. The van der Waals surface area contributed by atoms with Crippen LogP contribution in [0.2, 0.25) is 0 Å². The van der Waals surface area contributed by atoms with E-state index in [2.05, 4.69) is 93.7 Å². The predicted molar refractivity (Wildman–Crippen MR) is 330 cm³/mol. The van der Waals surface area contributed by atoms with Gasteiger partial charge in [0.2, 0.25) is 0 Å². The van der Waals surface area contributed by atoms with Gasteiger partial charge in [0.1, 0.15) is 13.2 Å². The van der Waals surface area contributed by atoms with Gasteiger partial charge in [-0.05, 0) is 109 Å². The lowest BCUT2D eigenvalue weighted by molar-refractivity contribution is -0.167. The summed E-state index contributed by atoms with van der Waals surface area (Å²) in [7, 11) is 0. The molecule has 0 radical (unpaired) electrons. The summed E-state index contributed by atoms with van der Waals surface area (Å²) < 4.78 is 16.9. The smallest absolute Gasteiger partial charge is 0.306 e. The SMILES string of the molecule is CC/C=C\C/C=C\C/C=C\C/C=C\CCCCC(=O)OCC(COC(=O)CCCCCCCCCCCCCCCCC/C=C\CCCCCCCCCC)OC(=O)CCCCCCC/C=C\CCCCCCCCC. The van der Waals surface area contributed by atoms with Gasteiger partial charge in [0.15, 0.2) is 6.10 Å². The highest BCUT2D eigenvalue weighted by atomic mass is 16.6. The fourth-order valence-corrected chi connectivity index (χ4v) is 9.48. The van der Waals surface area contributed by atoms with Crippen LogP contribution in [0.15, 0.2) is 72.9 Å². The van der Waals surface area contributed by atoms with E-state index < -0.39 is 6.10 Å². The zero-order valence-corrected chi connectivity index (χ0v) is 50.5. The quantitative estimate of drug-likeness (QED) is 0.0261. The molecule has 0 rings (SSSR count). The van der Waals surface area contributed by atoms with E-state index >= 15 is 0 Å². The Morgan fingerprint density at radius 2 is 0.513 bits per heavy atom. The van der Waals surface area contributed by atoms with Crippen LogP contribution in [0.5, 0.6) is 0 Å². The van der Waals surface area contributed by atoms with Gasteiger partial charge in [-0.1, -0.05) is 280 Å². The summed E-state index contributed by atoms with van der Waals surface area (Å²) in [6, 6.07) is 0. The number of carbonyl (C=O) groups excluding carboxylic acids is 3. The van der Waals surface area contributed by atoms with Crippen LogP contribution < -0.4 is 0 Å². The molecule has 0 aromatic heterocycles. The van der Waals surface area contributed by atoms with Crippen LogP contribution in [0, 0.1) is 0 Å². The Hall–Kier alpha value is -3.15. The van der Waals surface area contributed by atoms with Crippen molar-refractivity contribution < 1.29 is 28.6 Å². The normalized spacial score (nSPS) is 12.5. The van der Waals surface area contributed by atoms with Gasteiger partial charge >= 0.3 is 17.9 Å². The molecule has 1 unspecified atom stereocenters. The van der Waals surface area contributed by atoms with Crippen LogP contribution in [0.4, 0.5) is 0 Å². The van der Waals surface area contributed by atoms with E-state index in [1.54, 1.807) is 0 Å². The minimum absolute atomic E-state index is 0.0898. The third-order valence-electron chi connectivity index (χ3n) is 14.4. The molecule has 6 heteroatoms. The van der Waals surface area contributed by atoms with Gasteiger partial charge in [-0.15, -0.1) is 0 Å². The number of rotatable bonds is 60. The summed E-state index contributed by atoms with van der Waals surface area (Å²) in [5, 5.41) is 0. The molecule has 76 heavy (non-hydrogen) atoms. The molecule has 0 aromatic carbocycles. The number of carbonyl (C=O) groups is 3. The fraction of sp³-hybridized carbons (Fsp3) is 0.786. The summed E-state index contributed by atoms with van der Waals surface area (Å²) in [5.41, 5.74) is 0. The van der Waals surface area contributed by atoms with E-state index in [1.807, 2.05) is 0 Å². The van der Waals surface area contributed by atoms with Gasteiger partial charge in [0.25, 0.3) is 0 Å². The van der Waals surface area contributed by atoms with Crippen LogP contribution in [0.1, 0.15) is 335 Å². The number of unbranched alkanes of at least 4 members (excludes halogenated alkanes) is 37. The van der Waals surface area contributed by atoms with Gasteiger partial charge in [-0.2, -0.15) is 0 Å². The van der Waals surface area contributed by atoms with E-state index in [-0.39, 0.29) is 31.1 Å². The third kappa shape index (κ3) is 61.7. The first-order valence-corrected chi connectivity index (χ1v) is 32.9. The van der Waals surface area contributed by atoms with Crippen LogP contribution >= 0.6 is 0 Å². The Bertz CT molecular complexity index is 1400. The molecule has 0 saturated carbocycles. The third-order valence-corrected chi connectivity index (χ3v) is 14.4. The molecule has 0 fully saturated rings. The Kier molecular flexibility index (Phi) is 61.7. The Labute approximate surface area is 472 Å². The first-order chi connectivity index (χ1) is 37.5. The molecular weight excluding hydrogens is 937 g/mol.